The summed E-state index contributed by atoms with van der Waals surface area (Å²) in [6.45, 7) is 3.52. The molecule has 0 radical (unpaired) electrons. The van der Waals surface area contributed by atoms with E-state index in [0.29, 0.717) is 5.69 Å². The maximum absolute atomic E-state index is 12.3. The van der Waals surface area contributed by atoms with Gasteiger partial charge in [-0.1, -0.05) is 0 Å². The van der Waals surface area contributed by atoms with Gasteiger partial charge in [0.1, 0.15) is 5.75 Å². The van der Waals surface area contributed by atoms with Crippen LogP contribution in [-0.4, -0.2) is 59.1 Å². The van der Waals surface area contributed by atoms with E-state index in [1.807, 2.05) is 24.3 Å². The van der Waals surface area contributed by atoms with Gasteiger partial charge in [-0.2, -0.15) is 0 Å². The number of rotatable bonds is 6. The molecule has 8 nitrogen and oxygen atoms in total. The Labute approximate surface area is 164 Å². The Morgan fingerprint density at radius 2 is 1.64 bits per heavy atom. The quantitative estimate of drug-likeness (QED) is 0.747. The van der Waals surface area contributed by atoms with E-state index in [4.69, 9.17) is 9.88 Å². The molecular formula is C19H24N4O4S. The number of hydrogen-bond acceptors (Lipinski definition) is 6. The average Bonchev–Trinajstić information content (AvgIpc) is 2.68. The number of nitrogens with one attached hydrogen (secondary N) is 1. The zero-order chi connectivity index (χ0) is 20.1. The number of ether oxygens (including phenoxy) is 1. The van der Waals surface area contributed by atoms with Gasteiger partial charge < -0.3 is 15.0 Å². The van der Waals surface area contributed by atoms with Crippen molar-refractivity contribution in [3.63, 3.8) is 0 Å². The fourth-order valence-corrected chi connectivity index (χ4v) is 3.60. The second-order valence-electron chi connectivity index (χ2n) is 6.58. The smallest absolute Gasteiger partial charge is 0.238 e. The van der Waals surface area contributed by atoms with E-state index in [1.165, 1.54) is 24.3 Å². The lowest BCUT2D eigenvalue weighted by molar-refractivity contribution is -0.117. The van der Waals surface area contributed by atoms with Gasteiger partial charge in [-0.05, 0) is 48.5 Å². The third-order valence-electron chi connectivity index (χ3n) is 4.64. The molecule has 9 heteroatoms. The van der Waals surface area contributed by atoms with Crippen molar-refractivity contribution < 1.29 is 17.9 Å². The minimum Gasteiger partial charge on any atom is -0.497 e. The van der Waals surface area contributed by atoms with E-state index in [0.717, 1.165) is 37.6 Å². The summed E-state index contributed by atoms with van der Waals surface area (Å²) in [5, 5.41) is 7.85. The van der Waals surface area contributed by atoms with Gasteiger partial charge in [-0.25, -0.2) is 13.6 Å². The van der Waals surface area contributed by atoms with Crippen LogP contribution in [0.5, 0.6) is 5.75 Å². The summed E-state index contributed by atoms with van der Waals surface area (Å²) in [7, 11) is -2.09. The molecule has 3 N–H and O–H groups in total. The number of primary sulfonamides is 1. The SMILES string of the molecule is COc1ccc(N2CCN(CC(=O)Nc3ccc(S(N)(=O)=O)cc3)CC2)cc1. The van der Waals surface area contributed by atoms with Gasteiger partial charge in [0.15, 0.2) is 0 Å². The van der Waals surface area contributed by atoms with Crippen molar-refractivity contribution in [2.75, 3.05) is 50.1 Å². The molecule has 0 atom stereocenters. The fraction of sp³-hybridized carbons (Fsp3) is 0.316. The summed E-state index contributed by atoms with van der Waals surface area (Å²) < 4.78 is 27.7. The lowest BCUT2D eigenvalue weighted by Gasteiger charge is -2.35. The molecule has 2 aromatic rings. The standard InChI is InChI=1S/C19H24N4O4S/c1-27-17-6-4-16(5-7-17)23-12-10-22(11-13-23)14-19(24)21-15-2-8-18(9-3-15)28(20,25)26/h2-9H,10-14H2,1H3,(H,21,24)(H2,20,25,26). The number of benzene rings is 2. The molecule has 0 bridgehead atoms. The monoisotopic (exact) mass is 404 g/mol. The summed E-state index contributed by atoms with van der Waals surface area (Å²) in [5.74, 6) is 0.692. The predicted octanol–water partition coefficient (Wildman–Crippen LogP) is 1.10. The number of carbonyl (C=O) groups excluding carboxylic acids is 1. The lowest BCUT2D eigenvalue weighted by atomic mass is 10.2. The van der Waals surface area contributed by atoms with E-state index in [2.05, 4.69) is 15.1 Å². The summed E-state index contributed by atoms with van der Waals surface area (Å²) >= 11 is 0. The Balaban J connectivity index is 1.48. The molecule has 1 saturated heterocycles. The third-order valence-corrected chi connectivity index (χ3v) is 5.57. The summed E-state index contributed by atoms with van der Waals surface area (Å²) in [6, 6.07) is 13.8. The molecule has 1 aliphatic rings. The number of hydrogen-bond donors (Lipinski definition) is 2. The Hall–Kier alpha value is -2.62. The Morgan fingerprint density at radius 1 is 1.04 bits per heavy atom. The average molecular weight is 404 g/mol. The van der Waals surface area contributed by atoms with Gasteiger partial charge in [0.25, 0.3) is 0 Å². The van der Waals surface area contributed by atoms with Crippen molar-refractivity contribution in [1.29, 1.82) is 0 Å². The molecule has 0 aromatic heterocycles. The van der Waals surface area contributed by atoms with Crippen molar-refractivity contribution >= 4 is 27.3 Å². The number of nitrogens with zero attached hydrogens (tertiary/aromatic N) is 2. The summed E-state index contributed by atoms with van der Waals surface area (Å²) in [5.41, 5.74) is 1.68. The molecule has 0 unspecified atom stereocenters. The van der Waals surface area contributed by atoms with Crippen molar-refractivity contribution in [2.45, 2.75) is 4.90 Å². The molecule has 1 heterocycles. The van der Waals surface area contributed by atoms with Crippen molar-refractivity contribution in [3.05, 3.63) is 48.5 Å². The van der Waals surface area contributed by atoms with E-state index in [9.17, 15) is 13.2 Å². The van der Waals surface area contributed by atoms with Crippen molar-refractivity contribution in [1.82, 2.24) is 4.90 Å². The number of amides is 1. The normalized spacial score (nSPS) is 15.3. The first kappa shape index (κ1) is 20.1. The highest BCUT2D eigenvalue weighted by atomic mass is 32.2. The highest BCUT2D eigenvalue weighted by Crippen LogP contribution is 2.20. The number of piperazine rings is 1. The van der Waals surface area contributed by atoms with Crippen LogP contribution in [0.15, 0.2) is 53.4 Å². The van der Waals surface area contributed by atoms with Crippen LogP contribution in [-0.2, 0) is 14.8 Å². The van der Waals surface area contributed by atoms with E-state index >= 15 is 0 Å². The lowest BCUT2D eigenvalue weighted by Crippen LogP contribution is -2.48. The topological polar surface area (TPSA) is 105 Å². The zero-order valence-corrected chi connectivity index (χ0v) is 16.5. The van der Waals surface area contributed by atoms with E-state index in [-0.39, 0.29) is 17.3 Å². The first-order chi connectivity index (χ1) is 13.3. The van der Waals surface area contributed by atoms with Crippen LogP contribution in [0.3, 0.4) is 0 Å². The van der Waals surface area contributed by atoms with Crippen LogP contribution >= 0.6 is 0 Å². The third kappa shape index (κ3) is 5.22. The van der Waals surface area contributed by atoms with E-state index < -0.39 is 10.0 Å². The minimum atomic E-state index is -3.74. The minimum absolute atomic E-state index is 0.0140. The van der Waals surface area contributed by atoms with E-state index in [1.54, 1.807) is 7.11 Å². The molecule has 1 amide bonds. The highest BCUT2D eigenvalue weighted by molar-refractivity contribution is 7.89. The number of nitrogens with two attached hydrogens (primary N) is 1. The van der Waals surface area contributed by atoms with Crippen LogP contribution in [0.25, 0.3) is 0 Å². The van der Waals surface area contributed by atoms with Crippen LogP contribution in [0, 0.1) is 0 Å². The molecule has 150 valence electrons. The molecule has 28 heavy (non-hydrogen) atoms. The molecule has 0 spiro atoms. The largest absolute Gasteiger partial charge is 0.497 e. The van der Waals surface area contributed by atoms with Gasteiger partial charge in [-0.15, -0.1) is 0 Å². The number of anilines is 2. The van der Waals surface area contributed by atoms with Gasteiger partial charge in [0, 0.05) is 37.6 Å². The van der Waals surface area contributed by atoms with Crippen molar-refractivity contribution in [2.24, 2.45) is 5.14 Å². The Bertz CT molecular complexity index is 906. The second-order valence-corrected chi connectivity index (χ2v) is 8.14. The Kier molecular flexibility index (Phi) is 6.18. The molecule has 1 aliphatic heterocycles. The van der Waals surface area contributed by atoms with Gasteiger partial charge in [-0.3, -0.25) is 9.69 Å². The Morgan fingerprint density at radius 3 is 2.18 bits per heavy atom. The predicted molar refractivity (Wildman–Crippen MR) is 108 cm³/mol. The number of methoxy groups -OCH3 is 1. The molecule has 3 rings (SSSR count). The van der Waals surface area contributed by atoms with Gasteiger partial charge in [0.2, 0.25) is 15.9 Å². The highest BCUT2D eigenvalue weighted by Gasteiger charge is 2.19. The molecule has 2 aromatic carbocycles. The molecule has 0 saturated carbocycles. The number of sulfonamides is 1. The van der Waals surface area contributed by atoms with Gasteiger partial charge in [0.05, 0.1) is 18.6 Å². The maximum Gasteiger partial charge on any atom is 0.238 e. The first-order valence-corrected chi connectivity index (χ1v) is 10.4. The zero-order valence-electron chi connectivity index (χ0n) is 15.7. The van der Waals surface area contributed by atoms with Crippen LogP contribution in [0.2, 0.25) is 0 Å². The van der Waals surface area contributed by atoms with Crippen LogP contribution < -0.4 is 20.1 Å². The summed E-state index contributed by atoms with van der Waals surface area (Å²) in [4.78, 5) is 16.6. The second kappa shape index (κ2) is 8.59. The molecule has 1 fully saturated rings. The van der Waals surface area contributed by atoms with Crippen LogP contribution in [0.1, 0.15) is 0 Å². The fourth-order valence-electron chi connectivity index (χ4n) is 3.09. The molecular weight excluding hydrogens is 380 g/mol. The van der Waals surface area contributed by atoms with Crippen molar-refractivity contribution in [3.8, 4) is 5.75 Å². The summed E-state index contributed by atoms with van der Waals surface area (Å²) in [6.07, 6.45) is 0. The van der Waals surface area contributed by atoms with Gasteiger partial charge >= 0.3 is 0 Å². The first-order valence-electron chi connectivity index (χ1n) is 8.89. The maximum atomic E-state index is 12.3. The molecule has 0 aliphatic carbocycles. The van der Waals surface area contributed by atoms with Crippen LogP contribution in [0.4, 0.5) is 11.4 Å². The number of carbonyl (C=O) groups is 1.